The highest BCUT2D eigenvalue weighted by molar-refractivity contribution is 5.90. The Morgan fingerprint density at radius 2 is 1.95 bits per heavy atom. The van der Waals surface area contributed by atoms with Gasteiger partial charge in [-0.25, -0.2) is 0 Å². The number of pyridine rings is 1. The molecule has 0 radical (unpaired) electrons. The van der Waals surface area contributed by atoms with Crippen LogP contribution in [-0.2, 0) is 4.79 Å². The zero-order valence-corrected chi connectivity index (χ0v) is 10.7. The fourth-order valence-electron chi connectivity index (χ4n) is 1.77. The Morgan fingerprint density at radius 1 is 1.16 bits per heavy atom. The van der Waals surface area contributed by atoms with Gasteiger partial charge in [-0.2, -0.15) is 0 Å². The molecule has 1 amide bonds. The van der Waals surface area contributed by atoms with Gasteiger partial charge in [0.15, 0.2) is 0 Å². The molecule has 19 heavy (non-hydrogen) atoms. The molecule has 2 aromatic rings. The third-order valence-corrected chi connectivity index (χ3v) is 2.77. The summed E-state index contributed by atoms with van der Waals surface area (Å²) in [5, 5.41) is 2.85. The highest BCUT2D eigenvalue weighted by Crippen LogP contribution is 2.20. The molecule has 0 aliphatic heterocycles. The van der Waals surface area contributed by atoms with E-state index >= 15 is 0 Å². The molecule has 0 fully saturated rings. The largest absolute Gasteiger partial charge is 0.330 e. The van der Waals surface area contributed by atoms with E-state index in [-0.39, 0.29) is 5.91 Å². The van der Waals surface area contributed by atoms with Gasteiger partial charge in [0, 0.05) is 24.5 Å². The van der Waals surface area contributed by atoms with Crippen LogP contribution in [0.3, 0.4) is 0 Å². The second kappa shape index (κ2) is 6.66. The van der Waals surface area contributed by atoms with Gasteiger partial charge in [0.1, 0.15) is 0 Å². The average Bonchev–Trinajstić information content (AvgIpc) is 2.47. The van der Waals surface area contributed by atoms with E-state index in [0.717, 1.165) is 16.8 Å². The maximum atomic E-state index is 11.5. The van der Waals surface area contributed by atoms with E-state index in [1.807, 2.05) is 42.6 Å². The van der Waals surface area contributed by atoms with Crippen molar-refractivity contribution in [1.82, 2.24) is 4.98 Å². The van der Waals surface area contributed by atoms with Crippen molar-refractivity contribution < 1.29 is 4.79 Å². The van der Waals surface area contributed by atoms with E-state index in [1.54, 1.807) is 6.20 Å². The van der Waals surface area contributed by atoms with Crippen LogP contribution < -0.4 is 11.1 Å². The zero-order valence-electron chi connectivity index (χ0n) is 10.7. The summed E-state index contributed by atoms with van der Waals surface area (Å²) < 4.78 is 0. The minimum atomic E-state index is -0.000391. The number of carbonyl (C=O) groups excluding carboxylic acids is 1. The summed E-state index contributed by atoms with van der Waals surface area (Å²) >= 11 is 0. The lowest BCUT2D eigenvalue weighted by Gasteiger charge is -2.06. The first-order chi connectivity index (χ1) is 9.29. The van der Waals surface area contributed by atoms with E-state index in [2.05, 4.69) is 10.3 Å². The second-order valence-electron chi connectivity index (χ2n) is 4.26. The van der Waals surface area contributed by atoms with Crippen LogP contribution in [0.25, 0.3) is 11.1 Å². The Labute approximate surface area is 112 Å². The van der Waals surface area contributed by atoms with E-state index in [0.29, 0.717) is 19.4 Å². The van der Waals surface area contributed by atoms with Crippen molar-refractivity contribution in [2.75, 3.05) is 11.9 Å². The molecule has 0 aliphatic carbocycles. The molecule has 0 aliphatic rings. The first kappa shape index (κ1) is 13.2. The third kappa shape index (κ3) is 3.89. The van der Waals surface area contributed by atoms with Crippen molar-refractivity contribution in [3.8, 4) is 11.1 Å². The normalized spacial score (nSPS) is 10.2. The van der Waals surface area contributed by atoms with Crippen LogP contribution in [-0.4, -0.2) is 17.4 Å². The Hall–Kier alpha value is -2.20. The van der Waals surface area contributed by atoms with Gasteiger partial charge in [0.05, 0.1) is 0 Å². The van der Waals surface area contributed by atoms with Gasteiger partial charge in [-0.15, -0.1) is 0 Å². The fourth-order valence-corrected chi connectivity index (χ4v) is 1.77. The standard InChI is InChI=1S/C15H17N3O/c16-9-1-4-15(19)18-14-7-5-12(6-8-14)13-3-2-10-17-11-13/h2-3,5-8,10-11H,1,4,9,16H2,(H,18,19). The lowest BCUT2D eigenvalue weighted by atomic mass is 10.1. The molecule has 0 unspecified atom stereocenters. The molecule has 1 heterocycles. The summed E-state index contributed by atoms with van der Waals surface area (Å²) in [6.45, 7) is 0.535. The number of hydrogen-bond acceptors (Lipinski definition) is 3. The van der Waals surface area contributed by atoms with Gasteiger partial charge in [0.25, 0.3) is 0 Å². The number of nitrogens with two attached hydrogens (primary N) is 1. The van der Waals surface area contributed by atoms with Crippen molar-refractivity contribution in [2.45, 2.75) is 12.8 Å². The molecule has 0 saturated carbocycles. The smallest absolute Gasteiger partial charge is 0.224 e. The van der Waals surface area contributed by atoms with Crippen molar-refractivity contribution in [3.63, 3.8) is 0 Å². The molecule has 0 saturated heterocycles. The average molecular weight is 255 g/mol. The second-order valence-corrected chi connectivity index (χ2v) is 4.26. The van der Waals surface area contributed by atoms with Gasteiger partial charge in [-0.1, -0.05) is 18.2 Å². The number of nitrogens with zero attached hydrogens (tertiary/aromatic N) is 1. The van der Waals surface area contributed by atoms with E-state index < -0.39 is 0 Å². The number of aromatic nitrogens is 1. The number of amides is 1. The molecule has 4 heteroatoms. The molecule has 4 nitrogen and oxygen atoms in total. The molecule has 2 rings (SSSR count). The molecule has 0 spiro atoms. The summed E-state index contributed by atoms with van der Waals surface area (Å²) in [6, 6.07) is 11.6. The minimum absolute atomic E-state index is 0.000391. The van der Waals surface area contributed by atoms with Gasteiger partial charge in [-0.05, 0) is 42.3 Å². The first-order valence-corrected chi connectivity index (χ1v) is 6.30. The fraction of sp³-hybridized carbons (Fsp3) is 0.200. The lowest BCUT2D eigenvalue weighted by molar-refractivity contribution is -0.116. The SMILES string of the molecule is NCCCC(=O)Nc1ccc(-c2cccnc2)cc1. The van der Waals surface area contributed by atoms with Gasteiger partial charge in [-0.3, -0.25) is 9.78 Å². The number of anilines is 1. The minimum Gasteiger partial charge on any atom is -0.330 e. The van der Waals surface area contributed by atoms with Crippen LogP contribution in [0.1, 0.15) is 12.8 Å². The van der Waals surface area contributed by atoms with Gasteiger partial charge in [0.2, 0.25) is 5.91 Å². The number of hydrogen-bond donors (Lipinski definition) is 2. The number of carbonyl (C=O) groups is 1. The van der Waals surface area contributed by atoms with Crippen LogP contribution in [0.5, 0.6) is 0 Å². The van der Waals surface area contributed by atoms with E-state index in [1.165, 1.54) is 0 Å². The predicted octanol–water partition coefficient (Wildman–Crippen LogP) is 2.43. The first-order valence-electron chi connectivity index (χ1n) is 6.30. The summed E-state index contributed by atoms with van der Waals surface area (Å²) in [7, 11) is 0. The van der Waals surface area contributed by atoms with Gasteiger partial charge >= 0.3 is 0 Å². The monoisotopic (exact) mass is 255 g/mol. The van der Waals surface area contributed by atoms with E-state index in [9.17, 15) is 4.79 Å². The maximum absolute atomic E-state index is 11.5. The quantitative estimate of drug-likeness (QED) is 0.862. The van der Waals surface area contributed by atoms with Crippen LogP contribution in [0.2, 0.25) is 0 Å². The Kier molecular flexibility index (Phi) is 4.64. The Balaban J connectivity index is 2.01. The lowest BCUT2D eigenvalue weighted by Crippen LogP contribution is -2.13. The molecule has 1 aromatic carbocycles. The summed E-state index contributed by atoms with van der Waals surface area (Å²) in [6.07, 6.45) is 4.73. The Morgan fingerprint density at radius 3 is 2.58 bits per heavy atom. The number of benzene rings is 1. The molecule has 1 aromatic heterocycles. The highest BCUT2D eigenvalue weighted by Gasteiger charge is 2.02. The summed E-state index contributed by atoms with van der Waals surface area (Å²) in [5.41, 5.74) is 8.30. The predicted molar refractivity (Wildman–Crippen MR) is 76.6 cm³/mol. The van der Waals surface area contributed by atoms with Gasteiger partial charge < -0.3 is 11.1 Å². The molecular weight excluding hydrogens is 238 g/mol. The van der Waals surface area contributed by atoms with Crippen molar-refractivity contribution in [1.29, 1.82) is 0 Å². The molecule has 3 N–H and O–H groups in total. The summed E-state index contributed by atoms with van der Waals surface area (Å²) in [4.78, 5) is 15.6. The van der Waals surface area contributed by atoms with Crippen molar-refractivity contribution in [3.05, 3.63) is 48.8 Å². The molecule has 0 atom stereocenters. The zero-order chi connectivity index (χ0) is 13.5. The number of rotatable bonds is 5. The molecular formula is C15H17N3O. The topological polar surface area (TPSA) is 68.0 Å². The van der Waals surface area contributed by atoms with Crippen LogP contribution in [0.4, 0.5) is 5.69 Å². The van der Waals surface area contributed by atoms with Crippen LogP contribution >= 0.6 is 0 Å². The molecule has 98 valence electrons. The highest BCUT2D eigenvalue weighted by atomic mass is 16.1. The Bertz CT molecular complexity index is 523. The van der Waals surface area contributed by atoms with Crippen LogP contribution in [0.15, 0.2) is 48.8 Å². The van der Waals surface area contributed by atoms with Crippen molar-refractivity contribution in [2.24, 2.45) is 5.73 Å². The van der Waals surface area contributed by atoms with Crippen LogP contribution in [0, 0.1) is 0 Å². The van der Waals surface area contributed by atoms with Crippen molar-refractivity contribution >= 4 is 11.6 Å². The summed E-state index contributed by atoms with van der Waals surface area (Å²) in [5.74, 6) is -0.000391. The third-order valence-electron chi connectivity index (χ3n) is 2.77. The number of nitrogens with one attached hydrogen (secondary N) is 1. The maximum Gasteiger partial charge on any atom is 0.224 e. The molecule has 0 bridgehead atoms. The van der Waals surface area contributed by atoms with E-state index in [4.69, 9.17) is 5.73 Å².